The van der Waals surface area contributed by atoms with Crippen LogP contribution < -0.4 is 10.2 Å². The number of piperidine rings is 1. The molecule has 1 N–H and O–H groups in total. The Hall–Kier alpha value is -2.59. The fourth-order valence-corrected chi connectivity index (χ4v) is 3.83. The predicted octanol–water partition coefficient (Wildman–Crippen LogP) is 4.15. The number of aryl methyl sites for hydroxylation is 2. The van der Waals surface area contributed by atoms with Crippen LogP contribution in [0.5, 0.6) is 0 Å². The van der Waals surface area contributed by atoms with Crippen molar-refractivity contribution in [1.82, 2.24) is 14.9 Å². The van der Waals surface area contributed by atoms with Gasteiger partial charge in [-0.3, -0.25) is 0 Å². The fraction of sp³-hybridized carbons (Fsp3) is 0.348. The summed E-state index contributed by atoms with van der Waals surface area (Å²) in [5.41, 5.74) is 5.21. The number of nitrogens with zero attached hydrogens (tertiary/aromatic N) is 3. The lowest BCUT2D eigenvalue weighted by Gasteiger charge is -2.34. The molecule has 0 saturated carbocycles. The number of hydrogen-bond donors (Lipinski definition) is 1. The molecular formula is C23H28N4. The number of benzene rings is 2. The summed E-state index contributed by atoms with van der Waals surface area (Å²) in [5.74, 6) is 1.10. The minimum absolute atomic E-state index is 0.574. The van der Waals surface area contributed by atoms with Crippen molar-refractivity contribution in [3.8, 4) is 11.1 Å². The highest BCUT2D eigenvalue weighted by atomic mass is 15.2. The first-order chi connectivity index (χ1) is 13.2. The molecule has 4 nitrogen and oxygen atoms in total. The van der Waals surface area contributed by atoms with Crippen LogP contribution in [0.25, 0.3) is 11.1 Å². The van der Waals surface area contributed by atoms with Crippen LogP contribution in [0.3, 0.4) is 0 Å². The summed E-state index contributed by atoms with van der Waals surface area (Å²) < 4.78 is 2.08. The van der Waals surface area contributed by atoms with Crippen molar-refractivity contribution in [1.29, 1.82) is 0 Å². The molecule has 1 saturated heterocycles. The van der Waals surface area contributed by atoms with Crippen molar-refractivity contribution >= 4 is 5.69 Å². The average molecular weight is 361 g/mol. The molecule has 0 atom stereocenters. The van der Waals surface area contributed by atoms with E-state index in [2.05, 4.69) is 75.2 Å². The number of anilines is 1. The van der Waals surface area contributed by atoms with Crippen molar-refractivity contribution in [2.45, 2.75) is 32.4 Å². The summed E-state index contributed by atoms with van der Waals surface area (Å²) in [7, 11) is 2.05. The highest BCUT2D eigenvalue weighted by Gasteiger charge is 2.19. The zero-order chi connectivity index (χ0) is 18.6. The number of nitrogens with one attached hydrogen (secondary N) is 1. The third kappa shape index (κ3) is 4.22. The van der Waals surface area contributed by atoms with E-state index < -0.39 is 0 Å². The molecule has 1 fully saturated rings. The normalized spacial score (nSPS) is 15.3. The quantitative estimate of drug-likeness (QED) is 0.742. The summed E-state index contributed by atoms with van der Waals surface area (Å²) >= 11 is 0. The van der Waals surface area contributed by atoms with E-state index >= 15 is 0 Å². The van der Waals surface area contributed by atoms with Crippen molar-refractivity contribution in [2.75, 3.05) is 18.0 Å². The number of rotatable bonds is 5. The smallest absolute Gasteiger partial charge is 0.122 e. The summed E-state index contributed by atoms with van der Waals surface area (Å²) in [6.07, 6.45) is 6.20. The summed E-state index contributed by atoms with van der Waals surface area (Å²) in [5, 5.41) is 3.66. The van der Waals surface area contributed by atoms with Gasteiger partial charge in [-0.15, -0.1) is 0 Å². The molecule has 0 unspecified atom stereocenters. The van der Waals surface area contributed by atoms with E-state index in [0.29, 0.717) is 6.04 Å². The number of imidazole rings is 1. The summed E-state index contributed by atoms with van der Waals surface area (Å²) in [6.45, 7) is 5.19. The Balaban J connectivity index is 1.32. The maximum atomic E-state index is 4.39. The van der Waals surface area contributed by atoms with Crippen molar-refractivity contribution < 1.29 is 0 Å². The molecule has 0 radical (unpaired) electrons. The van der Waals surface area contributed by atoms with Gasteiger partial charge in [0, 0.05) is 44.3 Å². The molecule has 0 spiro atoms. The Kier molecular flexibility index (Phi) is 5.26. The summed E-state index contributed by atoms with van der Waals surface area (Å²) in [4.78, 5) is 6.89. The van der Waals surface area contributed by atoms with Crippen LogP contribution in [-0.2, 0) is 13.6 Å². The van der Waals surface area contributed by atoms with Gasteiger partial charge >= 0.3 is 0 Å². The van der Waals surface area contributed by atoms with Crippen LogP contribution in [0.4, 0.5) is 5.69 Å². The standard InChI is InChI=1S/C23H28N4/c1-18-4-3-5-20(16-18)19-6-8-22(9-7-19)27-13-10-21(11-14-27)25-17-23-24-12-15-26(23)2/h3-9,12,15-16,21,25H,10-11,13-14,17H2,1-2H3. The highest BCUT2D eigenvalue weighted by molar-refractivity contribution is 5.67. The molecule has 1 aliphatic heterocycles. The highest BCUT2D eigenvalue weighted by Crippen LogP contribution is 2.25. The maximum absolute atomic E-state index is 4.39. The van der Waals surface area contributed by atoms with Crippen LogP contribution in [0.1, 0.15) is 24.2 Å². The molecule has 0 amide bonds. The van der Waals surface area contributed by atoms with E-state index in [1.165, 1.54) is 35.2 Å². The minimum atomic E-state index is 0.574. The lowest BCUT2D eigenvalue weighted by atomic mass is 10.0. The van der Waals surface area contributed by atoms with Gasteiger partial charge in [-0.1, -0.05) is 42.0 Å². The SMILES string of the molecule is Cc1cccc(-c2ccc(N3CCC(NCc4nccn4C)CC3)cc2)c1. The molecule has 4 heteroatoms. The molecule has 1 aromatic heterocycles. The zero-order valence-corrected chi connectivity index (χ0v) is 16.2. The van der Waals surface area contributed by atoms with Gasteiger partial charge in [-0.25, -0.2) is 4.98 Å². The third-order valence-corrected chi connectivity index (χ3v) is 5.55. The van der Waals surface area contributed by atoms with Crippen LogP contribution in [0.2, 0.25) is 0 Å². The van der Waals surface area contributed by atoms with Gasteiger partial charge < -0.3 is 14.8 Å². The second kappa shape index (κ2) is 7.97. The second-order valence-electron chi connectivity index (χ2n) is 7.51. The van der Waals surface area contributed by atoms with Gasteiger partial charge in [0.25, 0.3) is 0 Å². The first kappa shape index (κ1) is 17.8. The van der Waals surface area contributed by atoms with Gasteiger partial charge in [0.2, 0.25) is 0 Å². The molecular weight excluding hydrogens is 332 g/mol. The molecule has 0 bridgehead atoms. The summed E-state index contributed by atoms with van der Waals surface area (Å²) in [6, 6.07) is 18.3. The second-order valence-corrected chi connectivity index (χ2v) is 7.51. The molecule has 2 aromatic carbocycles. The molecule has 2 heterocycles. The predicted molar refractivity (Wildman–Crippen MR) is 112 cm³/mol. The Morgan fingerprint density at radius 3 is 2.48 bits per heavy atom. The maximum Gasteiger partial charge on any atom is 0.122 e. The van der Waals surface area contributed by atoms with Gasteiger partial charge in [0.15, 0.2) is 0 Å². The van der Waals surface area contributed by atoms with Crippen LogP contribution >= 0.6 is 0 Å². The third-order valence-electron chi connectivity index (χ3n) is 5.55. The number of aromatic nitrogens is 2. The topological polar surface area (TPSA) is 33.1 Å². The molecule has 27 heavy (non-hydrogen) atoms. The van der Waals surface area contributed by atoms with E-state index in [-0.39, 0.29) is 0 Å². The Bertz CT molecular complexity index is 873. The Morgan fingerprint density at radius 1 is 1.04 bits per heavy atom. The van der Waals surface area contributed by atoms with E-state index in [1.54, 1.807) is 0 Å². The van der Waals surface area contributed by atoms with Gasteiger partial charge in [0.1, 0.15) is 5.82 Å². The van der Waals surface area contributed by atoms with Gasteiger partial charge in [-0.05, 0) is 43.0 Å². The minimum Gasteiger partial charge on any atom is -0.371 e. The fourth-order valence-electron chi connectivity index (χ4n) is 3.83. The Morgan fingerprint density at radius 2 is 1.81 bits per heavy atom. The first-order valence-corrected chi connectivity index (χ1v) is 9.81. The van der Waals surface area contributed by atoms with Crippen molar-refractivity contribution in [2.24, 2.45) is 7.05 Å². The average Bonchev–Trinajstić information content (AvgIpc) is 3.12. The molecule has 3 aromatic rings. The largest absolute Gasteiger partial charge is 0.371 e. The Labute approximate surface area is 161 Å². The zero-order valence-electron chi connectivity index (χ0n) is 16.2. The number of hydrogen-bond acceptors (Lipinski definition) is 3. The van der Waals surface area contributed by atoms with Crippen LogP contribution in [0.15, 0.2) is 60.9 Å². The van der Waals surface area contributed by atoms with E-state index in [1.807, 2.05) is 19.4 Å². The van der Waals surface area contributed by atoms with Crippen LogP contribution in [0, 0.1) is 6.92 Å². The molecule has 140 valence electrons. The molecule has 0 aliphatic carbocycles. The first-order valence-electron chi connectivity index (χ1n) is 9.81. The van der Waals surface area contributed by atoms with E-state index in [9.17, 15) is 0 Å². The monoisotopic (exact) mass is 360 g/mol. The van der Waals surface area contributed by atoms with Crippen molar-refractivity contribution in [3.63, 3.8) is 0 Å². The lowest BCUT2D eigenvalue weighted by molar-refractivity contribution is 0.407. The molecule has 1 aliphatic rings. The van der Waals surface area contributed by atoms with Gasteiger partial charge in [-0.2, -0.15) is 0 Å². The van der Waals surface area contributed by atoms with Crippen LogP contribution in [-0.4, -0.2) is 28.7 Å². The van der Waals surface area contributed by atoms with E-state index in [4.69, 9.17) is 0 Å². The van der Waals surface area contributed by atoms with Crippen molar-refractivity contribution in [3.05, 3.63) is 72.3 Å². The van der Waals surface area contributed by atoms with Gasteiger partial charge in [0.05, 0.1) is 6.54 Å². The van der Waals surface area contributed by atoms with E-state index in [0.717, 1.165) is 25.5 Å². The molecule has 4 rings (SSSR count). The lowest BCUT2D eigenvalue weighted by Crippen LogP contribution is -2.42.